The second-order valence-corrected chi connectivity index (χ2v) is 6.18. The Kier molecular flexibility index (Phi) is 4.08. The van der Waals surface area contributed by atoms with Gasteiger partial charge in [0.05, 0.1) is 5.69 Å². The van der Waals surface area contributed by atoms with Gasteiger partial charge in [-0.15, -0.1) is 0 Å². The van der Waals surface area contributed by atoms with Gasteiger partial charge in [-0.2, -0.15) is 0 Å². The number of carbonyl (C=O) groups is 3. The van der Waals surface area contributed by atoms with Gasteiger partial charge in [-0.1, -0.05) is 36.4 Å². The van der Waals surface area contributed by atoms with Crippen LogP contribution in [0.1, 0.15) is 12.5 Å². The summed E-state index contributed by atoms with van der Waals surface area (Å²) in [7, 11) is 0. The number of nitrogens with one attached hydrogen (secondary N) is 1. The van der Waals surface area contributed by atoms with Crippen molar-refractivity contribution >= 4 is 40.5 Å². The van der Waals surface area contributed by atoms with Gasteiger partial charge in [0.1, 0.15) is 5.57 Å². The number of hydrogen-bond donors (Lipinski definition) is 1. The molecule has 1 aliphatic rings. The van der Waals surface area contributed by atoms with E-state index in [-0.39, 0.29) is 5.57 Å². The minimum atomic E-state index is -0.746. The summed E-state index contributed by atoms with van der Waals surface area (Å²) in [4.78, 5) is 38.5. The first kappa shape index (κ1) is 16.8. The molecule has 0 atom stereocenters. The molecule has 1 saturated heterocycles. The lowest BCUT2D eigenvalue weighted by molar-refractivity contribution is -0.122. The number of aromatic nitrogens is 1. The molecule has 1 aromatic heterocycles. The summed E-state index contributed by atoms with van der Waals surface area (Å²) in [6.45, 7) is 2.79. The van der Waals surface area contributed by atoms with Crippen LogP contribution in [0.4, 0.5) is 10.5 Å². The molecule has 27 heavy (non-hydrogen) atoms. The first-order chi connectivity index (χ1) is 13.1. The number of anilines is 1. The zero-order chi connectivity index (χ0) is 19.0. The predicted molar refractivity (Wildman–Crippen MR) is 103 cm³/mol. The van der Waals surface area contributed by atoms with Crippen LogP contribution in [0.5, 0.6) is 0 Å². The van der Waals surface area contributed by atoms with Crippen molar-refractivity contribution in [2.45, 2.75) is 13.5 Å². The van der Waals surface area contributed by atoms with Gasteiger partial charge in [0.2, 0.25) is 0 Å². The van der Waals surface area contributed by atoms with E-state index in [0.29, 0.717) is 5.69 Å². The van der Waals surface area contributed by atoms with Gasteiger partial charge in [0.25, 0.3) is 11.8 Å². The standard InChI is InChI=1S/C21H17N3O3/c1-2-23-13-14(16-10-6-7-11-18(16)23)12-17-19(25)22-21(27)24(20(17)26)15-8-4-3-5-9-15/h3-13H,2H2,1H3,(H,22,25,27)/b17-12-. The summed E-state index contributed by atoms with van der Waals surface area (Å²) in [5, 5.41) is 3.19. The van der Waals surface area contributed by atoms with E-state index in [1.807, 2.05) is 42.0 Å². The maximum Gasteiger partial charge on any atom is 0.335 e. The topological polar surface area (TPSA) is 71.4 Å². The molecular formula is C21H17N3O3. The molecule has 4 rings (SSSR count). The van der Waals surface area contributed by atoms with E-state index in [1.54, 1.807) is 36.4 Å². The van der Waals surface area contributed by atoms with Crippen molar-refractivity contribution < 1.29 is 14.4 Å². The highest BCUT2D eigenvalue weighted by Crippen LogP contribution is 2.26. The second-order valence-electron chi connectivity index (χ2n) is 6.18. The Hall–Kier alpha value is -3.67. The third-order valence-corrected chi connectivity index (χ3v) is 4.58. The number of aryl methyl sites for hydroxylation is 1. The van der Waals surface area contributed by atoms with Crippen molar-refractivity contribution in [3.05, 3.63) is 71.9 Å². The van der Waals surface area contributed by atoms with Crippen LogP contribution in [0, 0.1) is 0 Å². The highest BCUT2D eigenvalue weighted by atomic mass is 16.2. The molecule has 0 unspecified atom stereocenters. The third kappa shape index (κ3) is 2.81. The van der Waals surface area contributed by atoms with E-state index in [0.717, 1.165) is 27.9 Å². The third-order valence-electron chi connectivity index (χ3n) is 4.58. The zero-order valence-corrected chi connectivity index (χ0v) is 14.7. The maximum absolute atomic E-state index is 12.9. The van der Waals surface area contributed by atoms with Crippen molar-refractivity contribution in [1.82, 2.24) is 9.88 Å². The van der Waals surface area contributed by atoms with E-state index >= 15 is 0 Å². The fraction of sp³-hybridized carbons (Fsp3) is 0.0952. The Balaban J connectivity index is 1.82. The van der Waals surface area contributed by atoms with Crippen LogP contribution < -0.4 is 10.2 Å². The van der Waals surface area contributed by atoms with Gasteiger partial charge in [-0.3, -0.25) is 14.9 Å². The molecule has 1 N–H and O–H groups in total. The van der Waals surface area contributed by atoms with Crippen molar-refractivity contribution in [3.63, 3.8) is 0 Å². The van der Waals surface area contributed by atoms with Crippen LogP contribution in [0.3, 0.4) is 0 Å². The van der Waals surface area contributed by atoms with E-state index < -0.39 is 17.8 Å². The van der Waals surface area contributed by atoms with Crippen molar-refractivity contribution in [2.24, 2.45) is 0 Å². The molecule has 0 radical (unpaired) electrons. The highest BCUT2D eigenvalue weighted by molar-refractivity contribution is 6.39. The number of imide groups is 2. The van der Waals surface area contributed by atoms with Crippen LogP contribution >= 0.6 is 0 Å². The summed E-state index contributed by atoms with van der Waals surface area (Å²) in [5.41, 5.74) is 2.12. The van der Waals surface area contributed by atoms with Gasteiger partial charge < -0.3 is 4.57 Å². The molecule has 2 heterocycles. The maximum atomic E-state index is 12.9. The largest absolute Gasteiger partial charge is 0.347 e. The van der Waals surface area contributed by atoms with Gasteiger partial charge >= 0.3 is 6.03 Å². The molecule has 0 aliphatic carbocycles. The molecule has 0 spiro atoms. The molecule has 0 bridgehead atoms. The molecule has 1 fully saturated rings. The van der Waals surface area contributed by atoms with Crippen molar-refractivity contribution in [3.8, 4) is 0 Å². The average molecular weight is 359 g/mol. The summed E-state index contributed by atoms with van der Waals surface area (Å²) in [6.07, 6.45) is 3.45. The van der Waals surface area contributed by atoms with E-state index in [9.17, 15) is 14.4 Å². The number of benzene rings is 2. The summed E-state index contributed by atoms with van der Waals surface area (Å²) >= 11 is 0. The smallest absolute Gasteiger partial charge is 0.335 e. The Morgan fingerprint density at radius 3 is 2.41 bits per heavy atom. The number of para-hydroxylation sites is 2. The lowest BCUT2D eigenvalue weighted by Gasteiger charge is -2.26. The van der Waals surface area contributed by atoms with E-state index in [1.165, 1.54) is 0 Å². The predicted octanol–water partition coefficient (Wildman–Crippen LogP) is 3.33. The van der Waals surface area contributed by atoms with Gasteiger partial charge in [0, 0.05) is 29.2 Å². The number of fused-ring (bicyclic) bond motifs is 1. The lowest BCUT2D eigenvalue weighted by Crippen LogP contribution is -2.54. The summed E-state index contributed by atoms with van der Waals surface area (Å²) in [6, 6.07) is 15.6. The molecule has 4 amide bonds. The Morgan fingerprint density at radius 1 is 0.963 bits per heavy atom. The van der Waals surface area contributed by atoms with Crippen LogP contribution in [0.25, 0.3) is 17.0 Å². The summed E-state index contributed by atoms with van der Waals surface area (Å²) in [5.74, 6) is -1.33. The molecule has 6 nitrogen and oxygen atoms in total. The van der Waals surface area contributed by atoms with E-state index in [2.05, 4.69) is 5.32 Å². The van der Waals surface area contributed by atoms with Gasteiger partial charge in [0.15, 0.2) is 0 Å². The number of amides is 4. The number of nitrogens with zero attached hydrogens (tertiary/aromatic N) is 2. The normalized spacial score (nSPS) is 16.3. The Labute approximate surface area is 155 Å². The number of hydrogen-bond acceptors (Lipinski definition) is 3. The minimum Gasteiger partial charge on any atom is -0.347 e. The monoisotopic (exact) mass is 359 g/mol. The quantitative estimate of drug-likeness (QED) is 0.576. The Morgan fingerprint density at radius 2 is 1.67 bits per heavy atom. The van der Waals surface area contributed by atoms with Crippen LogP contribution in [0.15, 0.2) is 66.4 Å². The van der Waals surface area contributed by atoms with Crippen LogP contribution in [0.2, 0.25) is 0 Å². The number of rotatable bonds is 3. The van der Waals surface area contributed by atoms with Crippen LogP contribution in [-0.2, 0) is 16.1 Å². The number of carbonyl (C=O) groups excluding carboxylic acids is 3. The van der Waals surface area contributed by atoms with Crippen LogP contribution in [-0.4, -0.2) is 22.4 Å². The second kappa shape index (κ2) is 6.57. The highest BCUT2D eigenvalue weighted by Gasteiger charge is 2.36. The zero-order valence-electron chi connectivity index (χ0n) is 14.7. The summed E-state index contributed by atoms with van der Waals surface area (Å²) < 4.78 is 2.05. The minimum absolute atomic E-state index is 0.0718. The fourth-order valence-electron chi connectivity index (χ4n) is 3.28. The lowest BCUT2D eigenvalue weighted by atomic mass is 10.1. The number of urea groups is 1. The average Bonchev–Trinajstić information content (AvgIpc) is 3.04. The van der Waals surface area contributed by atoms with Crippen molar-refractivity contribution in [2.75, 3.05) is 4.90 Å². The van der Waals surface area contributed by atoms with Gasteiger partial charge in [-0.05, 0) is 31.2 Å². The van der Waals surface area contributed by atoms with E-state index in [4.69, 9.17) is 0 Å². The molecule has 6 heteroatoms. The fourth-order valence-corrected chi connectivity index (χ4v) is 3.28. The molecule has 2 aromatic carbocycles. The first-order valence-electron chi connectivity index (χ1n) is 8.64. The Bertz CT molecular complexity index is 1100. The molecule has 134 valence electrons. The molecule has 3 aromatic rings. The van der Waals surface area contributed by atoms with Gasteiger partial charge in [-0.25, -0.2) is 9.69 Å². The molecular weight excluding hydrogens is 342 g/mol. The first-order valence-corrected chi connectivity index (χ1v) is 8.64. The van der Waals surface area contributed by atoms with Crippen molar-refractivity contribution in [1.29, 1.82) is 0 Å². The molecule has 1 aliphatic heterocycles. The molecule has 0 saturated carbocycles. The number of barbiturate groups is 1. The SMILES string of the molecule is CCn1cc(/C=C2/C(=O)NC(=O)N(c3ccccc3)C2=O)c2ccccc21.